The summed E-state index contributed by atoms with van der Waals surface area (Å²) < 4.78 is 0. The summed E-state index contributed by atoms with van der Waals surface area (Å²) in [5.41, 5.74) is 20.8. The van der Waals surface area contributed by atoms with Gasteiger partial charge in [0.05, 0.1) is 0 Å². The molecule has 1 fully saturated rings. The standard InChI is InChI=1S/2C8H10.C7H13NO.4C5H12.C4H10.C3H8O.4CH5N.10CH2O.6H3N/c2*1-2-8-6-4-3-5-7-8;1-7(9)8-5-3-2-4-6-8;4*1-4-5(2)3;1-4(2)3;1-3(2)4;14*1-2;;;;;;/h2*3-7H,2H2,1H3;2-6H2,1H3;4*5H,4H2,1-3H3;4H,1-3H3;3-4H,1-2H3;4*2H2,1H3;10*1H2;6*1H3. The maximum absolute atomic E-state index is 10.7. The Labute approximate surface area is 539 Å². The summed E-state index contributed by atoms with van der Waals surface area (Å²) in [6, 6.07) is 20.9. The number of aliphatic hydroxyl groups excluding tert-OH is 1. The van der Waals surface area contributed by atoms with E-state index in [4.69, 9.17) is 53.1 Å². The third kappa shape index (κ3) is 420. The number of aliphatic hydroxyl groups is 1. The Morgan fingerprint density at radius 1 is 0.368 bits per heavy atom. The smallest absolute Gasteiger partial charge is 0.219 e. The molecule has 0 aliphatic carbocycles. The second-order valence-electron chi connectivity index (χ2n) is 16.3. The van der Waals surface area contributed by atoms with Gasteiger partial charge in [0.15, 0.2) is 0 Å². The molecule has 540 valence electrons. The van der Waals surface area contributed by atoms with Crippen LogP contribution in [0, 0.1) is 29.6 Å². The van der Waals surface area contributed by atoms with Gasteiger partial charge >= 0.3 is 0 Å². The molecule has 1 amide bonds. The highest BCUT2D eigenvalue weighted by atomic mass is 16.3. The lowest BCUT2D eigenvalue weighted by Crippen LogP contribution is -2.33. The van der Waals surface area contributed by atoms with E-state index in [1.54, 1.807) is 20.8 Å². The van der Waals surface area contributed by atoms with Gasteiger partial charge in [-0.2, -0.15) is 0 Å². The number of nitrogens with zero attached hydrogens (tertiary/aromatic N) is 1. The number of aryl methyl sites for hydroxylation is 2. The van der Waals surface area contributed by atoms with E-state index in [9.17, 15) is 4.79 Å². The summed E-state index contributed by atoms with van der Waals surface area (Å²) in [5.74, 6) is 4.60. The van der Waals surface area contributed by atoms with Crippen LogP contribution >= 0.6 is 0 Å². The van der Waals surface area contributed by atoms with Crippen LogP contribution in [0.15, 0.2) is 60.7 Å². The van der Waals surface area contributed by atoms with Crippen molar-refractivity contribution < 1.29 is 57.8 Å². The largest absolute Gasteiger partial charge is 0.394 e. The first-order chi connectivity index (χ1) is 38.7. The number of likely N-dealkylation sites (tertiary alicyclic amines) is 1. The van der Waals surface area contributed by atoms with Crippen LogP contribution < -0.4 is 59.8 Å². The maximum atomic E-state index is 10.7. The highest BCUT2D eigenvalue weighted by Gasteiger charge is 2.11. The van der Waals surface area contributed by atoms with E-state index in [2.05, 4.69) is 189 Å². The van der Waals surface area contributed by atoms with Crippen LogP contribution in [0.3, 0.4) is 0 Å². The molecule has 0 atom stereocenters. The molecule has 2 aromatic carbocycles. The van der Waals surface area contributed by atoms with Gasteiger partial charge < -0.3 is 118 Å². The van der Waals surface area contributed by atoms with Crippen molar-refractivity contribution in [1.82, 2.24) is 41.8 Å². The van der Waals surface area contributed by atoms with E-state index in [0.717, 1.165) is 55.5 Å². The predicted molar refractivity (Wildman–Crippen MR) is 388 cm³/mol. The van der Waals surface area contributed by atoms with Crippen molar-refractivity contribution in [1.29, 1.82) is 0 Å². The zero-order chi connectivity index (χ0) is 70.6. The average Bonchev–Trinajstić information content (AvgIpc) is 3.55. The minimum absolute atomic E-state index is 0. The van der Waals surface area contributed by atoms with Gasteiger partial charge in [-0.1, -0.05) is 204 Å². The van der Waals surface area contributed by atoms with Crippen LogP contribution in [0.25, 0.3) is 0 Å². The van der Waals surface area contributed by atoms with Crippen molar-refractivity contribution in [2.45, 2.75) is 202 Å². The third-order valence-electron chi connectivity index (χ3n) is 7.57. The van der Waals surface area contributed by atoms with Crippen molar-refractivity contribution in [3.63, 3.8) is 0 Å². The molecule has 3 rings (SSSR count). The Balaban J connectivity index is -0.0000000191. The number of benzene rings is 2. The van der Waals surface area contributed by atoms with Crippen LogP contribution in [-0.2, 0) is 65.6 Å². The summed E-state index contributed by atoms with van der Waals surface area (Å²) in [4.78, 5) is 92.6. The fraction of sp³-hybridized carbons (Fsp3) is 0.641. The minimum atomic E-state index is -0.167. The molecule has 0 bridgehead atoms. The normalized spacial score (nSPS) is 7.51. The minimum Gasteiger partial charge on any atom is -0.394 e. The molecular weight excluding hydrogens is 1110 g/mol. The first kappa shape index (κ1) is 171. The summed E-state index contributed by atoms with van der Waals surface area (Å²) in [6.07, 6.45) is 11.0. The summed E-state index contributed by atoms with van der Waals surface area (Å²) in [6.45, 7) is 64.4. The van der Waals surface area contributed by atoms with Gasteiger partial charge in [0.25, 0.3) is 0 Å². The molecule has 1 aliphatic rings. The summed E-state index contributed by atoms with van der Waals surface area (Å²) in [5, 5.41) is 8.06. The number of nitrogens with two attached hydrogens (primary N) is 4. The number of hydrogen-bond donors (Lipinski definition) is 11. The van der Waals surface area contributed by atoms with Crippen LogP contribution in [-0.4, -0.2) is 131 Å². The molecule has 0 radical (unpaired) electrons. The molecule has 0 unspecified atom stereocenters. The lowest BCUT2D eigenvalue weighted by molar-refractivity contribution is -0.129. The maximum Gasteiger partial charge on any atom is 0.219 e. The van der Waals surface area contributed by atoms with Gasteiger partial charge in [-0.15, -0.1) is 0 Å². The molecule has 23 heteroatoms. The van der Waals surface area contributed by atoms with E-state index >= 15 is 0 Å². The second-order valence-corrected chi connectivity index (χ2v) is 16.3. The molecule has 23 nitrogen and oxygen atoms in total. The molecular formula is C64H157N11O12. The zero-order valence-corrected chi connectivity index (χ0v) is 61.5. The van der Waals surface area contributed by atoms with Gasteiger partial charge in [0, 0.05) is 26.1 Å². The van der Waals surface area contributed by atoms with Crippen LogP contribution in [0.1, 0.15) is 195 Å². The van der Waals surface area contributed by atoms with Crippen molar-refractivity contribution >= 4 is 73.8 Å². The highest BCUT2D eigenvalue weighted by molar-refractivity contribution is 5.73. The van der Waals surface area contributed by atoms with E-state index < -0.39 is 0 Å². The van der Waals surface area contributed by atoms with Gasteiger partial charge in [-0.3, -0.25) is 4.79 Å². The van der Waals surface area contributed by atoms with E-state index in [1.807, 2.05) is 84.9 Å². The fourth-order valence-corrected chi connectivity index (χ4v) is 2.64. The fourth-order valence-electron chi connectivity index (χ4n) is 2.64. The van der Waals surface area contributed by atoms with Crippen molar-refractivity contribution in [3.05, 3.63) is 71.8 Å². The Hall–Kier alpha value is -5.83. The first-order valence-corrected chi connectivity index (χ1v) is 26.9. The van der Waals surface area contributed by atoms with Crippen molar-refractivity contribution in [3.8, 4) is 0 Å². The lowest BCUT2D eigenvalue weighted by atomic mass is 10.1. The number of hydrogen-bond acceptors (Lipinski definition) is 22. The van der Waals surface area contributed by atoms with Gasteiger partial charge in [-0.25, -0.2) is 0 Å². The van der Waals surface area contributed by atoms with Crippen LogP contribution in [0.5, 0.6) is 0 Å². The van der Waals surface area contributed by atoms with Crippen LogP contribution in [0.4, 0.5) is 0 Å². The van der Waals surface area contributed by atoms with E-state index in [1.165, 1.54) is 84.3 Å². The van der Waals surface area contributed by atoms with Crippen LogP contribution in [0.2, 0.25) is 0 Å². The molecule has 1 heterocycles. The lowest BCUT2D eigenvalue weighted by Gasteiger charge is -2.24. The molecule has 0 aromatic heterocycles. The molecule has 1 saturated heterocycles. The number of amides is 1. The quantitative estimate of drug-likeness (QED) is 0.128. The Morgan fingerprint density at radius 3 is 0.563 bits per heavy atom. The van der Waals surface area contributed by atoms with Gasteiger partial charge in [0.2, 0.25) is 5.91 Å². The molecule has 1 aliphatic heterocycles. The molecule has 27 N–H and O–H groups in total. The second kappa shape index (κ2) is 246. The Morgan fingerprint density at radius 2 is 0.494 bits per heavy atom. The van der Waals surface area contributed by atoms with Gasteiger partial charge in [-0.05, 0) is 115 Å². The topological polar surface area (TPSA) is 525 Å². The first-order valence-electron chi connectivity index (χ1n) is 26.9. The summed E-state index contributed by atoms with van der Waals surface area (Å²) in [7, 11) is 6.00. The highest BCUT2D eigenvalue weighted by Crippen LogP contribution is 2.07. The summed E-state index contributed by atoms with van der Waals surface area (Å²) >= 11 is 0. The Bertz CT molecular complexity index is 997. The van der Waals surface area contributed by atoms with Crippen molar-refractivity contribution in [2.24, 2.45) is 52.5 Å². The average molecular weight is 1270 g/mol. The molecule has 0 saturated carbocycles. The third-order valence-corrected chi connectivity index (χ3v) is 7.57. The molecule has 2 aromatic rings. The van der Waals surface area contributed by atoms with Gasteiger partial charge in [0.1, 0.15) is 67.9 Å². The SMILES string of the molecule is C=O.C=O.C=O.C=O.C=O.C=O.C=O.C=O.C=O.C=O.CC(=O)N1CCCCC1.CC(C)C.CC(C)O.CCC(C)C.CCC(C)C.CCC(C)C.CCC(C)C.CCc1ccccc1.CCc1ccccc1.CN.CN.CN.CN.N.N.N.N.N.N. The van der Waals surface area contributed by atoms with Crippen molar-refractivity contribution in [2.75, 3.05) is 41.3 Å². The molecule has 0 spiro atoms. The zero-order valence-electron chi connectivity index (χ0n) is 61.5. The molecule has 87 heavy (non-hydrogen) atoms. The predicted octanol–water partition coefficient (Wildman–Crippen LogP) is 13.2. The van der Waals surface area contributed by atoms with E-state index in [0.29, 0.717) is 0 Å². The Kier molecular flexibility index (Phi) is 485. The number of piperidine rings is 1. The monoisotopic (exact) mass is 1270 g/mol. The number of rotatable bonds is 6. The number of carbonyl (C=O) groups excluding carboxylic acids is 11. The number of carbonyl (C=O) groups is 11. The van der Waals surface area contributed by atoms with E-state index in [-0.39, 0.29) is 48.9 Å².